The van der Waals surface area contributed by atoms with Crippen molar-refractivity contribution >= 4 is 39.6 Å². The minimum absolute atomic E-state index is 0.127. The van der Waals surface area contributed by atoms with Gasteiger partial charge in [0.25, 0.3) is 10.9 Å². The van der Waals surface area contributed by atoms with Crippen molar-refractivity contribution in [2.45, 2.75) is 51.6 Å². The summed E-state index contributed by atoms with van der Waals surface area (Å²) >= 11 is 0. The summed E-state index contributed by atoms with van der Waals surface area (Å²) in [5.74, 6) is -0.323. The first kappa shape index (κ1) is 24.5. The van der Waals surface area contributed by atoms with Gasteiger partial charge in [0.2, 0.25) is 0 Å². The molecular weight excluding hydrogens is 468 g/mol. The number of carboxylic acid groups (broad SMARTS) is 1. The summed E-state index contributed by atoms with van der Waals surface area (Å²) in [6.07, 6.45) is 3.12. The van der Waals surface area contributed by atoms with Crippen molar-refractivity contribution in [3.63, 3.8) is 0 Å². The number of aliphatic carboxylic acids is 1. The van der Waals surface area contributed by atoms with Gasteiger partial charge in [0, 0.05) is 35.8 Å². The first-order valence-corrected chi connectivity index (χ1v) is 12.6. The molecule has 3 N–H and O–H groups in total. The largest absolute Gasteiger partial charge is 0.480 e. The lowest BCUT2D eigenvalue weighted by Crippen LogP contribution is -2.49. The van der Waals surface area contributed by atoms with Crippen molar-refractivity contribution in [3.05, 3.63) is 86.3 Å². The maximum absolute atomic E-state index is 12.4. The minimum atomic E-state index is -1.08. The number of carbonyl (C=O) groups is 1. The topological polar surface area (TPSA) is 112 Å². The Bertz CT molecular complexity index is 1520. The van der Waals surface area contributed by atoms with Crippen molar-refractivity contribution in [2.24, 2.45) is 0 Å². The molecule has 1 saturated heterocycles. The van der Waals surface area contributed by atoms with Crippen LogP contribution in [0.25, 0.3) is 10.8 Å². The highest BCUT2D eigenvalue weighted by atomic mass is 16.4. The maximum Gasteiger partial charge on any atom is 0.326 e. The number of rotatable bonds is 8. The summed E-state index contributed by atoms with van der Waals surface area (Å²) in [6.45, 7) is 4.67. The number of nitrogens with zero attached hydrogens (tertiary/aromatic N) is 2. The van der Waals surface area contributed by atoms with E-state index >= 15 is 0 Å². The lowest BCUT2D eigenvalue weighted by Gasteiger charge is -2.37. The Hall–Kier alpha value is -4.20. The van der Waals surface area contributed by atoms with Gasteiger partial charge in [-0.1, -0.05) is 36.4 Å². The number of fused-ring (bicyclic) bond motifs is 1. The highest BCUT2D eigenvalue weighted by molar-refractivity contribution is 5.93. The monoisotopic (exact) mass is 498 g/mol. The Morgan fingerprint density at radius 3 is 2.59 bits per heavy atom. The molecule has 4 aromatic rings. The second-order valence-corrected chi connectivity index (χ2v) is 9.81. The third kappa shape index (κ3) is 4.91. The van der Waals surface area contributed by atoms with Crippen LogP contribution < -0.4 is 26.4 Å². The van der Waals surface area contributed by atoms with Crippen LogP contribution in [0.1, 0.15) is 37.4 Å². The Labute approximate surface area is 214 Å². The SMILES string of the molecule is Cc1cc2ccccc2c(Nc2ccc(C[C@H](Nc3c(N4CCCCC4C)c(=O)c3=O)C(=O)O)cc2)n1. The van der Waals surface area contributed by atoms with Crippen LogP contribution in [-0.2, 0) is 11.2 Å². The van der Waals surface area contributed by atoms with Crippen molar-refractivity contribution in [2.75, 3.05) is 22.1 Å². The lowest BCUT2D eigenvalue weighted by molar-refractivity contribution is -0.137. The molecule has 0 radical (unpaired) electrons. The van der Waals surface area contributed by atoms with E-state index in [1.54, 1.807) is 0 Å². The number of benzene rings is 2. The number of nitrogens with one attached hydrogen (secondary N) is 2. The van der Waals surface area contributed by atoms with Crippen molar-refractivity contribution in [1.29, 1.82) is 0 Å². The molecule has 1 aliphatic heterocycles. The molecular formula is C29H30N4O4. The number of hydrogen-bond acceptors (Lipinski definition) is 7. The van der Waals surface area contributed by atoms with E-state index in [0.717, 1.165) is 52.8 Å². The van der Waals surface area contributed by atoms with Crippen molar-refractivity contribution in [3.8, 4) is 0 Å². The summed E-state index contributed by atoms with van der Waals surface area (Å²) in [5.41, 5.74) is 1.81. The third-order valence-electron chi connectivity index (χ3n) is 7.12. The fourth-order valence-corrected chi connectivity index (χ4v) is 5.12. The quantitative estimate of drug-likeness (QED) is 0.307. The fourth-order valence-electron chi connectivity index (χ4n) is 5.12. The van der Waals surface area contributed by atoms with Gasteiger partial charge in [0.15, 0.2) is 0 Å². The van der Waals surface area contributed by atoms with E-state index in [1.165, 1.54) is 0 Å². The molecule has 1 fully saturated rings. The Morgan fingerprint density at radius 1 is 1.11 bits per heavy atom. The number of aryl methyl sites for hydroxylation is 1. The second kappa shape index (κ2) is 10.0. The molecule has 190 valence electrons. The predicted octanol–water partition coefficient (Wildman–Crippen LogP) is 4.37. The fraction of sp³-hybridized carbons (Fsp3) is 0.310. The maximum atomic E-state index is 12.4. The van der Waals surface area contributed by atoms with E-state index < -0.39 is 22.9 Å². The summed E-state index contributed by atoms with van der Waals surface area (Å²) in [7, 11) is 0. The zero-order valence-electron chi connectivity index (χ0n) is 21.0. The molecule has 3 aromatic carbocycles. The van der Waals surface area contributed by atoms with Crippen LogP contribution in [0.3, 0.4) is 0 Å². The van der Waals surface area contributed by atoms with Crippen molar-refractivity contribution < 1.29 is 9.90 Å². The molecule has 37 heavy (non-hydrogen) atoms. The summed E-state index contributed by atoms with van der Waals surface area (Å²) in [5, 5.41) is 18.2. The van der Waals surface area contributed by atoms with Gasteiger partial charge in [-0.05, 0) is 62.3 Å². The standard InChI is InChI=1S/C29H30N4O4/c1-17-15-20-8-3-4-9-22(20)28(30-17)31-21-12-10-19(11-13-21)16-23(29(36)37)32-24-25(27(35)26(24)34)33-14-6-5-7-18(33)2/h3-4,8-13,15,18,23,32H,5-7,14,16H2,1-2H3,(H,30,31)(H,36,37)/t18?,23-/m0/s1. The van der Waals surface area contributed by atoms with Gasteiger partial charge in [-0.15, -0.1) is 0 Å². The Kier molecular flexibility index (Phi) is 6.65. The van der Waals surface area contributed by atoms with Crippen LogP contribution >= 0.6 is 0 Å². The zero-order valence-corrected chi connectivity index (χ0v) is 21.0. The Morgan fingerprint density at radius 2 is 1.86 bits per heavy atom. The van der Waals surface area contributed by atoms with Crippen LogP contribution in [0, 0.1) is 6.92 Å². The second-order valence-electron chi connectivity index (χ2n) is 9.81. The predicted molar refractivity (Wildman–Crippen MR) is 147 cm³/mol. The van der Waals surface area contributed by atoms with E-state index in [4.69, 9.17) is 0 Å². The first-order valence-electron chi connectivity index (χ1n) is 12.6. The Balaban J connectivity index is 1.32. The molecule has 1 unspecified atom stereocenters. The van der Waals surface area contributed by atoms with Gasteiger partial charge in [-0.2, -0.15) is 0 Å². The molecule has 0 aliphatic carbocycles. The summed E-state index contributed by atoms with van der Waals surface area (Å²) < 4.78 is 0. The smallest absolute Gasteiger partial charge is 0.326 e. The highest BCUT2D eigenvalue weighted by Gasteiger charge is 2.32. The van der Waals surface area contributed by atoms with Crippen LogP contribution in [0.15, 0.2) is 64.2 Å². The van der Waals surface area contributed by atoms with Gasteiger partial charge in [0.05, 0.1) is 0 Å². The van der Waals surface area contributed by atoms with Gasteiger partial charge >= 0.3 is 5.97 Å². The molecule has 2 atom stereocenters. The average Bonchev–Trinajstić information content (AvgIpc) is 2.89. The third-order valence-corrected chi connectivity index (χ3v) is 7.12. The highest BCUT2D eigenvalue weighted by Crippen LogP contribution is 2.29. The number of aromatic nitrogens is 1. The molecule has 0 spiro atoms. The molecule has 1 aliphatic rings. The molecule has 0 saturated carbocycles. The zero-order chi connectivity index (χ0) is 26.1. The van der Waals surface area contributed by atoms with E-state index in [0.29, 0.717) is 12.2 Å². The number of carboxylic acids is 1. The number of piperidine rings is 1. The van der Waals surface area contributed by atoms with Gasteiger partial charge in [-0.25, -0.2) is 9.78 Å². The van der Waals surface area contributed by atoms with Crippen LogP contribution in [-0.4, -0.2) is 34.7 Å². The van der Waals surface area contributed by atoms with Gasteiger partial charge < -0.3 is 20.6 Å². The molecule has 2 heterocycles. The summed E-state index contributed by atoms with van der Waals surface area (Å²) in [6, 6.07) is 16.6. The molecule has 8 heteroatoms. The minimum Gasteiger partial charge on any atom is -0.480 e. The van der Waals surface area contributed by atoms with Gasteiger partial charge in [-0.3, -0.25) is 9.59 Å². The van der Waals surface area contributed by atoms with E-state index in [2.05, 4.69) is 15.6 Å². The lowest BCUT2D eigenvalue weighted by atomic mass is 9.99. The number of anilines is 4. The van der Waals surface area contributed by atoms with E-state index in [9.17, 15) is 19.5 Å². The van der Waals surface area contributed by atoms with Gasteiger partial charge in [0.1, 0.15) is 23.2 Å². The van der Waals surface area contributed by atoms with E-state index in [-0.39, 0.29) is 18.2 Å². The number of hydrogen-bond donors (Lipinski definition) is 3. The van der Waals surface area contributed by atoms with Crippen LogP contribution in [0.5, 0.6) is 0 Å². The molecule has 1 aromatic heterocycles. The molecule has 8 nitrogen and oxygen atoms in total. The first-order chi connectivity index (χ1) is 17.8. The molecule has 0 bridgehead atoms. The average molecular weight is 499 g/mol. The van der Waals surface area contributed by atoms with E-state index in [1.807, 2.05) is 73.3 Å². The molecule has 0 amide bonds. The number of pyridine rings is 1. The van der Waals surface area contributed by atoms with Crippen LogP contribution in [0.4, 0.5) is 22.9 Å². The normalized spacial score (nSPS) is 16.6. The molecule has 5 rings (SSSR count). The van der Waals surface area contributed by atoms with Crippen LogP contribution in [0.2, 0.25) is 0 Å². The van der Waals surface area contributed by atoms with Crippen molar-refractivity contribution in [1.82, 2.24) is 4.98 Å². The summed E-state index contributed by atoms with van der Waals surface area (Å²) in [4.78, 5) is 43.4.